The molecule has 3 rings (SSSR count). The van der Waals surface area contributed by atoms with Gasteiger partial charge in [0.2, 0.25) is 0 Å². The highest BCUT2D eigenvalue weighted by Gasteiger charge is 2.09. The quantitative estimate of drug-likeness (QED) is 0.265. The van der Waals surface area contributed by atoms with Crippen molar-refractivity contribution in [2.75, 3.05) is 20.0 Å². The zero-order valence-electron chi connectivity index (χ0n) is 17.3. The van der Waals surface area contributed by atoms with Gasteiger partial charge in [0.05, 0.1) is 26.2 Å². The highest BCUT2D eigenvalue weighted by Crippen LogP contribution is 2.30. The van der Waals surface area contributed by atoms with E-state index in [-0.39, 0.29) is 11.7 Å². The van der Waals surface area contributed by atoms with Gasteiger partial charge in [-0.1, -0.05) is 64.7 Å². The number of methoxy groups -OCH3 is 2. The first-order valence-corrected chi connectivity index (χ1v) is 12.0. The number of aromatic nitrogens is 2. The topological polar surface area (TPSA) is 85.7 Å². The van der Waals surface area contributed by atoms with Gasteiger partial charge in [0.25, 0.3) is 5.91 Å². The fourth-order valence-electron chi connectivity index (χ4n) is 2.41. The number of thioether (sulfide) groups is 2. The summed E-state index contributed by atoms with van der Waals surface area (Å²) in [7, 11) is 3.14. The molecule has 0 bridgehead atoms. The molecular weight excluding hydrogens is 452 g/mol. The van der Waals surface area contributed by atoms with Gasteiger partial charge in [0.1, 0.15) is 0 Å². The predicted molar refractivity (Wildman–Crippen MR) is 127 cm³/mol. The van der Waals surface area contributed by atoms with Gasteiger partial charge in [0, 0.05) is 5.75 Å². The van der Waals surface area contributed by atoms with E-state index in [1.165, 1.54) is 34.2 Å². The number of nitrogens with one attached hydrogen (secondary N) is 1. The van der Waals surface area contributed by atoms with Crippen molar-refractivity contribution in [3.8, 4) is 11.5 Å². The lowest BCUT2D eigenvalue weighted by Crippen LogP contribution is -2.19. The van der Waals surface area contributed by atoms with Crippen LogP contribution in [0.1, 0.15) is 16.7 Å². The van der Waals surface area contributed by atoms with Crippen LogP contribution in [0.15, 0.2) is 56.2 Å². The second-order valence-electron chi connectivity index (χ2n) is 6.30. The molecule has 0 unspecified atom stereocenters. The van der Waals surface area contributed by atoms with E-state index in [0.717, 1.165) is 20.0 Å². The molecule has 31 heavy (non-hydrogen) atoms. The molecule has 10 heteroatoms. The number of nitrogens with zero attached hydrogens (tertiary/aromatic N) is 3. The fourth-order valence-corrected chi connectivity index (χ4v) is 5.18. The van der Waals surface area contributed by atoms with Gasteiger partial charge in [-0.15, -0.1) is 10.2 Å². The molecule has 0 aliphatic rings. The average Bonchev–Trinajstić information content (AvgIpc) is 3.25. The number of amides is 1. The molecule has 1 N–H and O–H groups in total. The van der Waals surface area contributed by atoms with Crippen molar-refractivity contribution in [2.24, 2.45) is 5.10 Å². The minimum atomic E-state index is -0.217. The van der Waals surface area contributed by atoms with Crippen molar-refractivity contribution >= 4 is 47.0 Å². The van der Waals surface area contributed by atoms with Crippen LogP contribution < -0.4 is 14.9 Å². The Morgan fingerprint density at radius 3 is 2.48 bits per heavy atom. The van der Waals surface area contributed by atoms with Gasteiger partial charge in [-0.05, 0) is 36.2 Å². The number of hydrogen-bond donors (Lipinski definition) is 1. The van der Waals surface area contributed by atoms with E-state index in [1.807, 2.05) is 6.07 Å². The molecule has 0 saturated carbocycles. The molecule has 3 aromatic rings. The summed E-state index contributed by atoms with van der Waals surface area (Å²) in [6.45, 7) is 2.07. The summed E-state index contributed by atoms with van der Waals surface area (Å²) in [5, 5.41) is 12.3. The zero-order valence-corrected chi connectivity index (χ0v) is 19.8. The van der Waals surface area contributed by atoms with Crippen LogP contribution in [0, 0.1) is 6.92 Å². The number of benzene rings is 2. The summed E-state index contributed by atoms with van der Waals surface area (Å²) in [6, 6.07) is 13.8. The number of carbonyl (C=O) groups is 1. The fraction of sp³-hybridized carbons (Fsp3) is 0.238. The monoisotopic (exact) mass is 474 g/mol. The number of carbonyl (C=O) groups excluding carboxylic acids is 1. The van der Waals surface area contributed by atoms with E-state index in [1.54, 1.807) is 44.3 Å². The molecular formula is C21H22N4O3S3. The standard InChI is InChI=1S/C21H22N4O3S3/c1-14-4-6-15(7-5-14)12-29-20-24-25-21(31-20)30-13-19(26)23-22-11-16-8-9-17(27-2)18(10-16)28-3/h4-11H,12-13H2,1-3H3,(H,23,26)/b22-11-. The Kier molecular flexibility index (Phi) is 8.74. The third-order valence-corrected chi connectivity index (χ3v) is 7.27. The first-order valence-electron chi connectivity index (χ1n) is 9.26. The van der Waals surface area contributed by atoms with E-state index in [4.69, 9.17) is 9.47 Å². The Morgan fingerprint density at radius 1 is 1.06 bits per heavy atom. The lowest BCUT2D eigenvalue weighted by Gasteiger charge is -2.07. The molecule has 0 fully saturated rings. The molecule has 2 aromatic carbocycles. The Morgan fingerprint density at radius 2 is 1.77 bits per heavy atom. The van der Waals surface area contributed by atoms with Crippen LogP contribution in [0.2, 0.25) is 0 Å². The Balaban J connectivity index is 1.42. The molecule has 0 spiro atoms. The lowest BCUT2D eigenvalue weighted by atomic mass is 10.2. The summed E-state index contributed by atoms with van der Waals surface area (Å²) >= 11 is 4.46. The van der Waals surface area contributed by atoms with E-state index in [9.17, 15) is 4.79 Å². The van der Waals surface area contributed by atoms with Crippen LogP contribution in [0.5, 0.6) is 11.5 Å². The molecule has 0 saturated heterocycles. The average molecular weight is 475 g/mol. The van der Waals surface area contributed by atoms with E-state index < -0.39 is 0 Å². The predicted octanol–water partition coefficient (Wildman–Crippen LogP) is 4.40. The lowest BCUT2D eigenvalue weighted by molar-refractivity contribution is -0.118. The summed E-state index contributed by atoms with van der Waals surface area (Å²) in [6.07, 6.45) is 1.55. The summed E-state index contributed by atoms with van der Waals surface area (Å²) in [5.74, 6) is 2.06. The van der Waals surface area contributed by atoms with Gasteiger partial charge in [-0.2, -0.15) is 5.10 Å². The molecule has 162 valence electrons. The maximum absolute atomic E-state index is 12.0. The molecule has 7 nitrogen and oxygen atoms in total. The molecule has 0 aliphatic heterocycles. The SMILES string of the molecule is COc1ccc(/C=N\NC(=O)CSc2nnc(SCc3ccc(C)cc3)s2)cc1OC. The molecule has 0 radical (unpaired) electrons. The third kappa shape index (κ3) is 7.27. The second-order valence-corrected chi connectivity index (χ2v) is 9.73. The van der Waals surface area contributed by atoms with Crippen molar-refractivity contribution in [2.45, 2.75) is 21.4 Å². The normalized spacial score (nSPS) is 10.9. The third-order valence-electron chi connectivity index (χ3n) is 4.01. The highest BCUT2D eigenvalue weighted by molar-refractivity contribution is 8.03. The second kappa shape index (κ2) is 11.7. The van der Waals surface area contributed by atoms with Gasteiger partial charge in [0.15, 0.2) is 20.2 Å². The van der Waals surface area contributed by atoms with Crippen LogP contribution in [-0.4, -0.2) is 42.3 Å². The van der Waals surface area contributed by atoms with Gasteiger partial charge < -0.3 is 9.47 Å². The molecule has 0 atom stereocenters. The van der Waals surface area contributed by atoms with Crippen LogP contribution in [0.3, 0.4) is 0 Å². The van der Waals surface area contributed by atoms with Crippen molar-refractivity contribution < 1.29 is 14.3 Å². The van der Waals surface area contributed by atoms with Crippen LogP contribution in [0.4, 0.5) is 0 Å². The zero-order chi connectivity index (χ0) is 22.1. The molecule has 1 aromatic heterocycles. The number of aryl methyl sites for hydroxylation is 1. The minimum absolute atomic E-state index is 0.209. The maximum atomic E-state index is 12.0. The van der Waals surface area contributed by atoms with E-state index >= 15 is 0 Å². The van der Waals surface area contributed by atoms with Crippen molar-refractivity contribution in [1.29, 1.82) is 0 Å². The molecule has 1 amide bonds. The molecule has 0 aliphatic carbocycles. The summed E-state index contributed by atoms with van der Waals surface area (Å²) < 4.78 is 12.1. The van der Waals surface area contributed by atoms with Crippen molar-refractivity contribution in [3.05, 3.63) is 59.2 Å². The van der Waals surface area contributed by atoms with Gasteiger partial charge in [-0.25, -0.2) is 5.43 Å². The van der Waals surface area contributed by atoms with E-state index in [0.29, 0.717) is 11.5 Å². The maximum Gasteiger partial charge on any atom is 0.250 e. The highest BCUT2D eigenvalue weighted by atomic mass is 32.2. The van der Waals surface area contributed by atoms with Crippen molar-refractivity contribution in [3.63, 3.8) is 0 Å². The minimum Gasteiger partial charge on any atom is -0.493 e. The Labute approximate surface area is 193 Å². The van der Waals surface area contributed by atoms with Crippen molar-refractivity contribution in [1.82, 2.24) is 15.6 Å². The van der Waals surface area contributed by atoms with Crippen LogP contribution in [0.25, 0.3) is 0 Å². The van der Waals surface area contributed by atoms with Crippen LogP contribution in [-0.2, 0) is 10.5 Å². The number of ether oxygens (including phenoxy) is 2. The Bertz CT molecular complexity index is 1040. The first-order chi connectivity index (χ1) is 15.1. The summed E-state index contributed by atoms with van der Waals surface area (Å²) in [4.78, 5) is 12.0. The first kappa shape index (κ1) is 23.1. The summed E-state index contributed by atoms with van der Waals surface area (Å²) in [5.41, 5.74) is 5.78. The molecule has 1 heterocycles. The largest absolute Gasteiger partial charge is 0.493 e. The Hall–Kier alpha value is -2.56. The number of hydrogen-bond acceptors (Lipinski definition) is 9. The van der Waals surface area contributed by atoms with E-state index in [2.05, 4.69) is 51.9 Å². The number of rotatable bonds is 10. The van der Waals surface area contributed by atoms with Gasteiger partial charge in [-0.3, -0.25) is 4.79 Å². The smallest absolute Gasteiger partial charge is 0.250 e. The van der Waals surface area contributed by atoms with Crippen LogP contribution >= 0.6 is 34.9 Å². The number of hydrazone groups is 1. The van der Waals surface area contributed by atoms with Gasteiger partial charge >= 0.3 is 0 Å².